The number of thioether (sulfide) groups is 1. The molecule has 3 aromatic carbocycles. The SMILES string of the molecule is CCCCC1C(=O)N(C)C(CCCC)C(=O)NC(CCCNC(=N)N)C(=O)NC(C(=O)NCC(N)=O)CSCC(=O)NC(Cc2ccccc2)C(=O)N(C)C(C)C(=O)NC(CC(N)=O)C(=O)N2CCCC2C(=O)NC(Cc2cnc[nH]2)C(=O)NC(CC(C)C)C(=O)N(C)CC(=O)NC(Cc2cccc(C(F)(F)F)c2)C(=O)NC(CO)C(=O)NC(Cc2c[nH]c3ccccc23)C(=O)N1C. The maximum Gasteiger partial charge on any atom is 0.416 e. The van der Waals surface area contributed by atoms with Gasteiger partial charge in [-0.2, -0.15) is 13.2 Å². The maximum atomic E-state index is 15.6. The summed E-state index contributed by atoms with van der Waals surface area (Å²) in [6.07, 6.45) is -1.87. The second-order valence-electron chi connectivity index (χ2n) is 33.5. The Morgan fingerprint density at radius 3 is 1.80 bits per heavy atom. The van der Waals surface area contributed by atoms with Gasteiger partial charge in [0.05, 0.1) is 43.8 Å². The first kappa shape index (κ1) is 107. The summed E-state index contributed by atoms with van der Waals surface area (Å²) in [5.74, 6) is -18.5. The van der Waals surface area contributed by atoms with Crippen LogP contribution >= 0.6 is 11.8 Å². The number of amides is 17. The van der Waals surface area contributed by atoms with Gasteiger partial charge in [-0.05, 0) is 86.6 Å². The molecule has 2 aromatic heterocycles. The van der Waals surface area contributed by atoms with Crippen molar-refractivity contribution in [2.75, 3.05) is 72.5 Å². The molecule has 41 nitrogen and oxygen atoms in total. The van der Waals surface area contributed by atoms with Crippen LogP contribution in [0.3, 0.4) is 0 Å². The normalized spacial score (nSPS) is 23.5. The van der Waals surface area contributed by atoms with Gasteiger partial charge in [0.1, 0.15) is 78.5 Å². The van der Waals surface area contributed by atoms with Crippen molar-refractivity contribution in [2.24, 2.45) is 23.1 Å². The number of nitrogens with two attached hydrogens (primary N) is 3. The molecule has 2 fully saturated rings. The smallest absolute Gasteiger partial charge is 0.394 e. The van der Waals surface area contributed by atoms with E-state index in [0.717, 1.165) is 48.4 Å². The molecule has 0 radical (unpaired) electrons. The number of rotatable bonds is 26. The van der Waals surface area contributed by atoms with Crippen LogP contribution in [0.4, 0.5) is 13.2 Å². The molecular formula is C88H124F3N23O18S. The van der Waals surface area contributed by atoms with E-state index < -0.39 is 241 Å². The Hall–Kier alpha value is -13.2. The van der Waals surface area contributed by atoms with Gasteiger partial charge in [-0.15, -0.1) is 11.8 Å². The lowest BCUT2D eigenvalue weighted by atomic mass is 10.00. The van der Waals surface area contributed by atoms with Crippen LogP contribution in [-0.2, 0) is 113 Å². The summed E-state index contributed by atoms with van der Waals surface area (Å²) in [7, 11) is 5.00. The first-order chi connectivity index (χ1) is 63.0. The second kappa shape index (κ2) is 51.5. The number of carbonyl (C=O) groups is 17. The number of primary amides is 2. The Bertz CT molecular complexity index is 4910. The average Bonchev–Trinajstić information content (AvgIpc) is 1.21. The highest BCUT2D eigenvalue weighted by atomic mass is 32.2. The Kier molecular flexibility index (Phi) is 41.4. The van der Waals surface area contributed by atoms with Crippen LogP contribution in [0.25, 0.3) is 10.9 Å². The predicted molar refractivity (Wildman–Crippen MR) is 483 cm³/mol. The molecule has 21 N–H and O–H groups in total. The van der Waals surface area contributed by atoms with Crippen molar-refractivity contribution in [3.05, 3.63) is 126 Å². The van der Waals surface area contributed by atoms with E-state index >= 15 is 14.4 Å². The summed E-state index contributed by atoms with van der Waals surface area (Å²) >= 11 is 0.772. The third-order valence-electron chi connectivity index (χ3n) is 22.7. The number of aliphatic hydroxyl groups is 1. The van der Waals surface area contributed by atoms with E-state index in [1.54, 1.807) is 74.6 Å². The minimum atomic E-state index is -4.91. The average molecular weight is 1880 g/mol. The largest absolute Gasteiger partial charge is 0.416 e. The van der Waals surface area contributed by atoms with Crippen LogP contribution in [0.5, 0.6) is 0 Å². The van der Waals surface area contributed by atoms with Gasteiger partial charge in [0.15, 0.2) is 5.96 Å². The third kappa shape index (κ3) is 32.3. The number of hydrogen-bond donors (Lipinski definition) is 18. The van der Waals surface area contributed by atoms with Crippen LogP contribution in [0, 0.1) is 11.3 Å². The van der Waals surface area contributed by atoms with E-state index in [2.05, 4.69) is 73.4 Å². The molecule has 0 saturated carbocycles. The number of aromatic amines is 2. The number of aliphatic hydroxyl groups excluding tert-OH is 1. The molecule has 45 heteroatoms. The lowest BCUT2D eigenvalue weighted by Gasteiger charge is -2.36. The summed E-state index contributed by atoms with van der Waals surface area (Å²) in [4.78, 5) is 263. The molecule has 0 aliphatic carbocycles. The molecular weight excluding hydrogens is 1760 g/mol. The van der Waals surface area contributed by atoms with Crippen LogP contribution < -0.4 is 75.7 Å². The highest BCUT2D eigenvalue weighted by Crippen LogP contribution is 2.31. The highest BCUT2D eigenvalue weighted by molar-refractivity contribution is 8.00. The monoisotopic (exact) mass is 1880 g/mol. The molecule has 7 rings (SSSR count). The van der Waals surface area contributed by atoms with E-state index in [-0.39, 0.29) is 95.2 Å². The van der Waals surface area contributed by atoms with E-state index in [9.17, 15) is 85.4 Å². The van der Waals surface area contributed by atoms with Gasteiger partial charge in [0.2, 0.25) is 100 Å². The summed E-state index contributed by atoms with van der Waals surface area (Å²) in [6, 6.07) is -1.85. The van der Waals surface area contributed by atoms with Crippen molar-refractivity contribution >= 4 is 129 Å². The number of fused-ring (bicyclic) bond motifs is 2. The number of benzene rings is 3. The van der Waals surface area contributed by atoms with Crippen molar-refractivity contribution < 1.29 is 99.8 Å². The topological polar surface area (TPSA) is 605 Å². The zero-order valence-corrected chi connectivity index (χ0v) is 76.7. The Labute approximate surface area is 771 Å². The number of halogens is 3. The molecule has 0 spiro atoms. The molecule has 13 atom stereocenters. The molecule has 5 aromatic rings. The summed E-state index contributed by atoms with van der Waals surface area (Å²) in [5, 5.41) is 47.7. The fourth-order valence-electron chi connectivity index (χ4n) is 15.4. The van der Waals surface area contributed by atoms with Gasteiger partial charge in [-0.25, -0.2) is 4.98 Å². The molecule has 17 amide bonds. The van der Waals surface area contributed by atoms with Gasteiger partial charge in [-0.1, -0.05) is 120 Å². The number of carbonyl (C=O) groups excluding carboxylic acids is 17. The minimum Gasteiger partial charge on any atom is -0.394 e. The fourth-order valence-corrected chi connectivity index (χ4v) is 16.2. The standard InChI is InChI=1S/C88H124F3N23O18S/c1-10-12-29-67-80(126)103-58(28-20-32-97-87(94)95)76(122)109-66(75(121)99-43-71(93)117)46-133-47-73(119)102-62(36-51-22-15-14-16-23-51)83(129)111(7)50(5)74(120)105-64(40-70(92)116)85(131)114-33-21-31-68(114)81(127)104-60(39-55-42-96-48-100-55)78(124)106-61(34-49(3)4)82(128)110(6)44-72(118)101-59(37-52-24-19-25-54(35-52)88(89,90)91)77(123)108-65(45-115)79(125)107-63(38-53-41-98-57-27-18-17-26-56(53)57)84(130)113(9)69(30-13-11-2)86(132)112(67)8/h14-19,22-27,35,41-42,48-50,58-69,98,115H,10-13,20-21,28-34,36-40,43-47H2,1-9H3,(H2,92,116)(H2,93,117)(H,96,100)(H,99,121)(H,101,118)(H,102,119)(H,103,126)(H,104,127)(H,105,120)(H,106,124)(H,107,125)(H,108,123)(H,109,122)(H4,94,95,97). The third-order valence-corrected chi connectivity index (χ3v) is 23.8. The van der Waals surface area contributed by atoms with Gasteiger partial charge >= 0.3 is 6.18 Å². The van der Waals surface area contributed by atoms with Crippen LogP contribution in [-0.4, -0.2) is 302 Å². The lowest BCUT2D eigenvalue weighted by Crippen LogP contribution is -2.61. The Morgan fingerprint density at radius 1 is 0.579 bits per heavy atom. The second-order valence-corrected chi connectivity index (χ2v) is 34.5. The van der Waals surface area contributed by atoms with E-state index in [1.807, 2.05) is 13.8 Å². The number of imidazole rings is 1. The number of likely N-dealkylation sites (N-methyl/N-ethyl adjacent to an activating group) is 4. The van der Waals surface area contributed by atoms with E-state index in [0.29, 0.717) is 53.1 Å². The zero-order chi connectivity index (χ0) is 98.1. The molecule has 133 heavy (non-hydrogen) atoms. The summed E-state index contributed by atoms with van der Waals surface area (Å²) < 4.78 is 43.1. The first-order valence-electron chi connectivity index (χ1n) is 43.9. The molecule has 726 valence electrons. The highest BCUT2D eigenvalue weighted by Gasteiger charge is 2.44. The number of nitrogens with zero attached hydrogens (tertiary/aromatic N) is 6. The van der Waals surface area contributed by atoms with Gasteiger partial charge in [0, 0.05) is 102 Å². The van der Waals surface area contributed by atoms with E-state index in [1.165, 1.54) is 53.7 Å². The van der Waals surface area contributed by atoms with Crippen LogP contribution in [0.15, 0.2) is 97.6 Å². The number of unbranched alkanes of at least 4 members (excludes halogenated alkanes) is 2. The van der Waals surface area contributed by atoms with Gasteiger partial charge in [-0.3, -0.25) is 86.9 Å². The lowest BCUT2D eigenvalue weighted by molar-refractivity contribution is -0.149. The van der Waals surface area contributed by atoms with E-state index in [4.69, 9.17) is 22.6 Å². The number of H-pyrrole nitrogens is 2. The van der Waals surface area contributed by atoms with Gasteiger partial charge in [0.25, 0.3) is 0 Å². The molecule has 0 bridgehead atoms. The van der Waals surface area contributed by atoms with Crippen molar-refractivity contribution in [1.29, 1.82) is 5.41 Å². The summed E-state index contributed by atoms with van der Waals surface area (Å²) in [6.45, 7) is 5.29. The van der Waals surface area contributed by atoms with Gasteiger partial charge < -0.3 is 115 Å². The number of aromatic nitrogens is 3. The Morgan fingerprint density at radius 2 is 1.16 bits per heavy atom. The minimum absolute atomic E-state index is 0.0213. The maximum absolute atomic E-state index is 15.6. The zero-order valence-electron chi connectivity index (χ0n) is 75.9. The fraction of sp³-hybridized carbons (Fsp3) is 0.534. The number of guanidine groups is 1. The van der Waals surface area contributed by atoms with Crippen molar-refractivity contribution in [3.63, 3.8) is 0 Å². The summed E-state index contributed by atoms with van der Waals surface area (Å²) in [5.41, 5.74) is 17.3. The molecule has 2 aliphatic rings. The number of para-hydroxylation sites is 1. The van der Waals surface area contributed by atoms with Crippen LogP contribution in [0.1, 0.15) is 140 Å². The molecule has 13 unspecified atom stereocenters. The Balaban J connectivity index is 1.31. The molecule has 2 aliphatic heterocycles. The van der Waals surface area contributed by atoms with Crippen molar-refractivity contribution in [1.82, 2.24) is 97.9 Å². The van der Waals surface area contributed by atoms with Crippen molar-refractivity contribution in [2.45, 2.75) is 222 Å². The quantitative estimate of drug-likeness (QED) is 0.0168. The van der Waals surface area contributed by atoms with Crippen molar-refractivity contribution in [3.8, 4) is 0 Å². The predicted octanol–water partition coefficient (Wildman–Crippen LogP) is -1.60. The first-order valence-corrected chi connectivity index (χ1v) is 45.1. The number of hydrogen-bond acceptors (Lipinski definition) is 21. The number of alkyl halides is 3. The number of nitrogens with one attached hydrogen (secondary N) is 14. The van der Waals surface area contributed by atoms with Crippen LogP contribution in [0.2, 0.25) is 0 Å². The molecule has 2 saturated heterocycles. The molecule has 4 heterocycles.